The largest absolute Gasteiger partial charge is 0.478 e. The maximum Gasteiger partial charge on any atom is 0.334 e. The molecule has 1 aliphatic rings. The number of nitrogens with one attached hydrogen (secondary N) is 1. The smallest absolute Gasteiger partial charge is 0.334 e. The summed E-state index contributed by atoms with van der Waals surface area (Å²) in [5, 5.41) is 10.7. The van der Waals surface area contributed by atoms with E-state index in [-0.39, 0.29) is 6.04 Å². The number of nitrogens with zero attached hydrogens (tertiary/aromatic N) is 1. The third-order valence-electron chi connectivity index (χ3n) is 2.78. The molecule has 1 rings (SSSR count). The molecule has 5 nitrogen and oxygen atoms in total. The molecule has 0 amide bonds. The van der Waals surface area contributed by atoms with Crippen molar-refractivity contribution >= 4 is 14.0 Å². The van der Waals surface area contributed by atoms with Crippen LogP contribution in [0.5, 0.6) is 0 Å². The first-order valence-electron chi connectivity index (χ1n) is 5.85. The summed E-state index contributed by atoms with van der Waals surface area (Å²) in [6.07, 6.45) is 1.52. The van der Waals surface area contributed by atoms with Crippen molar-refractivity contribution in [2.75, 3.05) is 13.3 Å². The predicted molar refractivity (Wildman–Crippen MR) is 69.1 cm³/mol. The lowest BCUT2D eigenvalue weighted by Crippen LogP contribution is -2.39. The van der Waals surface area contributed by atoms with Gasteiger partial charge in [0.1, 0.15) is 6.73 Å². The van der Waals surface area contributed by atoms with Gasteiger partial charge in [0.25, 0.3) is 0 Å². The summed E-state index contributed by atoms with van der Waals surface area (Å²) >= 11 is 0. The Morgan fingerprint density at radius 2 is 2.24 bits per heavy atom. The van der Waals surface area contributed by atoms with Gasteiger partial charge in [-0.1, -0.05) is 19.6 Å². The van der Waals surface area contributed by atoms with E-state index < -0.39 is 14.0 Å². The molecule has 1 heterocycles. The fraction of sp³-hybridized carbons (Fsp3) is 0.727. The molecule has 0 aromatic rings. The van der Waals surface area contributed by atoms with Crippen LogP contribution in [0.4, 0.5) is 0 Å². The van der Waals surface area contributed by atoms with Crippen LogP contribution >= 0.6 is 0 Å². The highest BCUT2D eigenvalue weighted by molar-refractivity contribution is 6.76. The minimum Gasteiger partial charge on any atom is -0.478 e. The molecule has 0 spiro atoms. The van der Waals surface area contributed by atoms with Crippen molar-refractivity contribution < 1.29 is 14.6 Å². The van der Waals surface area contributed by atoms with Gasteiger partial charge < -0.3 is 15.3 Å². The molecule has 0 aromatic carbocycles. The van der Waals surface area contributed by atoms with E-state index in [1.807, 2.05) is 6.92 Å². The normalized spacial score (nSPS) is 21.2. The van der Waals surface area contributed by atoms with Crippen molar-refractivity contribution in [3.63, 3.8) is 0 Å². The number of ether oxygens (including phenoxy) is 1. The lowest BCUT2D eigenvalue weighted by Gasteiger charge is -2.23. The third kappa shape index (κ3) is 4.49. The lowest BCUT2D eigenvalue weighted by atomic mass is 10.1. The zero-order valence-corrected chi connectivity index (χ0v) is 12.0. The minimum absolute atomic E-state index is 0.153. The van der Waals surface area contributed by atoms with Gasteiger partial charge in [0.2, 0.25) is 0 Å². The second-order valence-corrected chi connectivity index (χ2v) is 11.1. The van der Waals surface area contributed by atoms with Gasteiger partial charge in [-0.05, 0) is 13.0 Å². The highest BCUT2D eigenvalue weighted by atomic mass is 28.3. The number of aliphatic carboxylic acids is 1. The van der Waals surface area contributed by atoms with Crippen LogP contribution < -0.4 is 5.43 Å². The van der Waals surface area contributed by atoms with E-state index in [4.69, 9.17) is 9.84 Å². The van der Waals surface area contributed by atoms with Gasteiger partial charge in [0.05, 0.1) is 11.6 Å². The number of carbonyl (C=O) groups is 1. The molecule has 1 unspecified atom stereocenters. The zero-order valence-electron chi connectivity index (χ0n) is 11.0. The van der Waals surface area contributed by atoms with Gasteiger partial charge in [0.15, 0.2) is 0 Å². The highest BCUT2D eigenvalue weighted by Crippen LogP contribution is 2.14. The molecule has 0 aliphatic carbocycles. The number of carboxylic acid groups (broad SMARTS) is 1. The number of rotatable bonds is 6. The van der Waals surface area contributed by atoms with Crippen LogP contribution in [0, 0.1) is 0 Å². The van der Waals surface area contributed by atoms with Gasteiger partial charge in [0, 0.05) is 20.9 Å². The average molecular weight is 258 g/mol. The summed E-state index contributed by atoms with van der Waals surface area (Å²) in [4.78, 5) is 10.8. The molecule has 1 aliphatic heterocycles. The van der Waals surface area contributed by atoms with Crippen LogP contribution in [0.15, 0.2) is 11.8 Å². The summed E-state index contributed by atoms with van der Waals surface area (Å²) in [6.45, 7) is 9.91. The molecule has 0 fully saturated rings. The van der Waals surface area contributed by atoms with Crippen LogP contribution in [0.1, 0.15) is 6.92 Å². The van der Waals surface area contributed by atoms with Crippen molar-refractivity contribution in [2.24, 2.45) is 0 Å². The zero-order chi connectivity index (χ0) is 13.1. The number of hydrogen-bond donors (Lipinski definition) is 2. The highest BCUT2D eigenvalue weighted by Gasteiger charge is 2.27. The van der Waals surface area contributed by atoms with Crippen LogP contribution in [0.3, 0.4) is 0 Å². The maximum absolute atomic E-state index is 10.8. The average Bonchev–Trinajstić information content (AvgIpc) is 2.53. The molecule has 98 valence electrons. The molecule has 17 heavy (non-hydrogen) atoms. The number of carboxylic acids is 1. The van der Waals surface area contributed by atoms with Crippen LogP contribution in [-0.2, 0) is 9.53 Å². The Morgan fingerprint density at radius 1 is 1.59 bits per heavy atom. The minimum atomic E-state index is -1.05. The van der Waals surface area contributed by atoms with Gasteiger partial charge in [-0.3, -0.25) is 0 Å². The monoisotopic (exact) mass is 258 g/mol. The third-order valence-corrected chi connectivity index (χ3v) is 4.48. The summed E-state index contributed by atoms with van der Waals surface area (Å²) in [5.41, 5.74) is 3.29. The Labute approximate surface area is 103 Å². The van der Waals surface area contributed by atoms with E-state index in [9.17, 15) is 4.79 Å². The first-order chi connectivity index (χ1) is 7.81. The van der Waals surface area contributed by atoms with E-state index in [0.29, 0.717) is 12.3 Å². The van der Waals surface area contributed by atoms with Crippen LogP contribution in [0.2, 0.25) is 25.7 Å². The molecule has 6 heteroatoms. The molecule has 0 bridgehead atoms. The SMILES string of the molecule is CC1C(C(=O)O)=CNN1COCC[Si](C)(C)C. The molecule has 0 saturated heterocycles. The molecule has 2 N–H and O–H groups in total. The van der Waals surface area contributed by atoms with Gasteiger partial charge in [-0.2, -0.15) is 5.01 Å². The fourth-order valence-corrected chi connectivity index (χ4v) is 2.24. The quantitative estimate of drug-likeness (QED) is 0.558. The summed E-state index contributed by atoms with van der Waals surface area (Å²) < 4.78 is 5.56. The predicted octanol–water partition coefficient (Wildman–Crippen LogP) is 1.48. The first-order valence-corrected chi connectivity index (χ1v) is 9.56. The molecule has 1 atom stereocenters. The number of hydrazine groups is 1. The van der Waals surface area contributed by atoms with E-state index >= 15 is 0 Å². The van der Waals surface area contributed by atoms with Crippen molar-refractivity contribution in [1.82, 2.24) is 10.4 Å². The second kappa shape index (κ2) is 5.66. The Hall–Kier alpha value is -0.853. The first kappa shape index (κ1) is 14.2. The van der Waals surface area contributed by atoms with E-state index in [0.717, 1.165) is 12.7 Å². The van der Waals surface area contributed by atoms with Crippen LogP contribution in [0.25, 0.3) is 0 Å². The molecule has 0 aromatic heterocycles. The van der Waals surface area contributed by atoms with E-state index in [2.05, 4.69) is 25.1 Å². The van der Waals surface area contributed by atoms with Crippen LogP contribution in [-0.4, -0.2) is 43.5 Å². The number of hydrogen-bond acceptors (Lipinski definition) is 4. The van der Waals surface area contributed by atoms with Gasteiger partial charge in [-0.25, -0.2) is 4.79 Å². The molecular formula is C11H22N2O3Si. The Morgan fingerprint density at radius 3 is 2.71 bits per heavy atom. The van der Waals surface area contributed by atoms with E-state index in [1.54, 1.807) is 5.01 Å². The van der Waals surface area contributed by atoms with Crippen molar-refractivity contribution in [3.8, 4) is 0 Å². The van der Waals surface area contributed by atoms with E-state index in [1.165, 1.54) is 6.20 Å². The van der Waals surface area contributed by atoms with Crippen molar-refractivity contribution in [3.05, 3.63) is 11.8 Å². The fourth-order valence-electron chi connectivity index (χ4n) is 1.48. The van der Waals surface area contributed by atoms with Gasteiger partial charge in [-0.15, -0.1) is 0 Å². The standard InChI is InChI=1S/C11H22N2O3Si/c1-9-10(11(14)15)7-12-13(9)8-16-5-6-17(2,3)4/h7,9,12H,5-6,8H2,1-4H3,(H,14,15). The molecule has 0 radical (unpaired) electrons. The topological polar surface area (TPSA) is 61.8 Å². The summed E-state index contributed by atoms with van der Waals surface area (Å²) in [5.74, 6) is -0.880. The molecular weight excluding hydrogens is 236 g/mol. The van der Waals surface area contributed by atoms with Crippen molar-refractivity contribution in [2.45, 2.75) is 38.7 Å². The Balaban J connectivity index is 2.25. The lowest BCUT2D eigenvalue weighted by molar-refractivity contribution is -0.133. The summed E-state index contributed by atoms with van der Waals surface area (Å²) in [7, 11) is -1.05. The molecule has 0 saturated carbocycles. The Kier molecular flexibility index (Phi) is 4.73. The summed E-state index contributed by atoms with van der Waals surface area (Å²) in [6, 6.07) is 0.966. The second-order valence-electron chi connectivity index (χ2n) is 5.53. The van der Waals surface area contributed by atoms with Crippen molar-refractivity contribution in [1.29, 1.82) is 0 Å². The Bertz CT molecular complexity index is 312. The maximum atomic E-state index is 10.8. The van der Waals surface area contributed by atoms with Gasteiger partial charge >= 0.3 is 5.97 Å².